The molecule has 0 radical (unpaired) electrons. The number of para-hydroxylation sites is 1. The average molecular weight is 910 g/mol. The molecule has 4 aromatic carbocycles. The summed E-state index contributed by atoms with van der Waals surface area (Å²) in [7, 11) is -4.63. The van der Waals surface area contributed by atoms with E-state index in [4.69, 9.17) is 27.1 Å². The molecule has 0 bridgehead atoms. The number of thioether (sulfide) groups is 1. The number of ether oxygens (including phenoxy) is 2. The van der Waals surface area contributed by atoms with E-state index >= 15 is 0 Å². The SMILES string of the molecule is CCN(CC)c1ccc(N=Nc2ccccc2OC)c(Nc2nc(Nc3cc(N(CC)CC)ccc3N=Nc3cc(S(=O)(=O)O)ccc3OC)nc(SCCO)n2)c1.O=S(=O)=O. The Labute approximate surface area is 365 Å². The predicted molar refractivity (Wildman–Crippen MR) is 238 cm³/mol. The van der Waals surface area contributed by atoms with Crippen molar-refractivity contribution in [2.75, 3.05) is 73.2 Å². The second-order valence-electron chi connectivity index (χ2n) is 12.4. The summed E-state index contributed by atoms with van der Waals surface area (Å²) >= 11 is 1.25. The van der Waals surface area contributed by atoms with Crippen molar-refractivity contribution in [2.45, 2.75) is 37.7 Å². The number of nitrogens with zero attached hydrogens (tertiary/aromatic N) is 9. The van der Waals surface area contributed by atoms with Gasteiger partial charge in [0.1, 0.15) is 34.2 Å². The Bertz CT molecular complexity index is 2570. The maximum atomic E-state index is 11.9. The van der Waals surface area contributed by atoms with Crippen LogP contribution in [0.2, 0.25) is 0 Å². The summed E-state index contributed by atoms with van der Waals surface area (Å²) in [6.07, 6.45) is 0. The van der Waals surface area contributed by atoms with E-state index < -0.39 is 20.7 Å². The van der Waals surface area contributed by atoms with Crippen molar-refractivity contribution in [1.82, 2.24) is 15.0 Å². The standard InChI is InChI=1S/C39H47N11O6S2.O3S/c1-7-49(8-2)26-15-18-29(45-47-31-13-11-12-14-35(31)55-5)32(23-26)40-37-42-38(44-39(43-37)57-22-21-51)41-33-24-27(50(9-3)10-4)16-19-30(33)46-48-34-25-28(58(52,53)54)17-20-36(34)56-6;1-4(2)3/h11-20,23-25,51H,7-10,21-22H2,1-6H3,(H,52,53,54)(H2,40,41,42,43,44);. The van der Waals surface area contributed by atoms with Gasteiger partial charge in [0.25, 0.3) is 10.1 Å². The van der Waals surface area contributed by atoms with Crippen LogP contribution in [0.4, 0.5) is 57.4 Å². The van der Waals surface area contributed by atoms with Crippen molar-refractivity contribution in [3.63, 3.8) is 0 Å². The van der Waals surface area contributed by atoms with Crippen molar-refractivity contribution >= 4 is 89.9 Å². The summed E-state index contributed by atoms with van der Waals surface area (Å²) in [5.74, 6) is 1.51. The fourth-order valence-electron chi connectivity index (χ4n) is 5.74. The number of azo groups is 2. The highest BCUT2D eigenvalue weighted by Crippen LogP contribution is 2.38. The van der Waals surface area contributed by atoms with Crippen LogP contribution >= 0.6 is 11.8 Å². The van der Waals surface area contributed by atoms with E-state index in [0.717, 1.165) is 37.6 Å². The largest absolute Gasteiger partial charge is 0.494 e. The lowest BCUT2D eigenvalue weighted by molar-refractivity contribution is 0.322. The minimum Gasteiger partial charge on any atom is -0.494 e. The number of nitrogens with one attached hydrogen (secondary N) is 2. The molecule has 0 atom stereocenters. The van der Waals surface area contributed by atoms with Gasteiger partial charge in [0, 0.05) is 43.3 Å². The molecular weight excluding hydrogens is 863 g/mol. The summed E-state index contributed by atoms with van der Waals surface area (Å²) in [5.41, 5.74) is 4.41. The van der Waals surface area contributed by atoms with Gasteiger partial charge in [0.2, 0.25) is 11.9 Å². The molecule has 1 heterocycles. The maximum absolute atomic E-state index is 11.9. The van der Waals surface area contributed by atoms with Crippen LogP contribution in [0.5, 0.6) is 11.5 Å². The zero-order chi connectivity index (χ0) is 45.2. The van der Waals surface area contributed by atoms with Gasteiger partial charge in [0.05, 0.1) is 37.1 Å². The van der Waals surface area contributed by atoms with Crippen LogP contribution in [0, 0.1) is 0 Å². The van der Waals surface area contributed by atoms with Gasteiger partial charge in [-0.2, -0.15) is 23.4 Å². The topological polar surface area (TPSA) is 263 Å². The lowest BCUT2D eigenvalue weighted by Crippen LogP contribution is -2.21. The Morgan fingerprint density at radius 3 is 1.60 bits per heavy atom. The Morgan fingerprint density at radius 1 is 0.661 bits per heavy atom. The smallest absolute Gasteiger partial charge is 0.425 e. The third-order valence-electron chi connectivity index (χ3n) is 8.71. The molecule has 5 aromatic rings. The van der Waals surface area contributed by atoms with Gasteiger partial charge in [-0.15, -0.1) is 33.1 Å². The van der Waals surface area contributed by atoms with Crippen molar-refractivity contribution in [3.05, 3.63) is 78.9 Å². The minimum atomic E-state index is -4.51. The van der Waals surface area contributed by atoms with E-state index in [2.05, 4.69) is 64.7 Å². The summed E-state index contributed by atoms with van der Waals surface area (Å²) in [6.45, 7) is 11.2. The number of hydrogen-bond acceptors (Lipinski definition) is 20. The Kier molecular flexibility index (Phi) is 18.5. The fourth-order valence-corrected chi connectivity index (χ4v) is 6.82. The zero-order valence-electron chi connectivity index (χ0n) is 34.8. The van der Waals surface area contributed by atoms with Gasteiger partial charge in [-0.05, 0) is 94.4 Å². The Morgan fingerprint density at radius 2 is 1.13 bits per heavy atom. The van der Waals surface area contributed by atoms with Gasteiger partial charge in [-0.3, -0.25) is 4.55 Å². The van der Waals surface area contributed by atoms with Crippen LogP contribution in [0.3, 0.4) is 0 Å². The first-order valence-electron chi connectivity index (χ1n) is 19.0. The monoisotopic (exact) mass is 909 g/mol. The maximum Gasteiger partial charge on any atom is 0.425 e. The number of methoxy groups -OCH3 is 2. The van der Waals surface area contributed by atoms with Crippen LogP contribution in [-0.4, -0.2) is 98.4 Å². The predicted octanol–water partition coefficient (Wildman–Crippen LogP) is 8.23. The quantitative estimate of drug-likeness (QED) is 0.0325. The molecule has 20 nitrogen and oxygen atoms in total. The number of benzene rings is 4. The molecule has 0 aliphatic carbocycles. The van der Waals surface area contributed by atoms with Crippen molar-refractivity contribution in [3.8, 4) is 11.5 Å². The number of aliphatic hydroxyl groups is 1. The summed E-state index contributed by atoms with van der Waals surface area (Å²) in [5, 5.41) is 34.5. The first kappa shape index (κ1) is 48.4. The molecule has 0 unspecified atom stereocenters. The lowest BCUT2D eigenvalue weighted by atomic mass is 10.2. The molecule has 4 N–H and O–H groups in total. The van der Waals surface area contributed by atoms with E-state index in [-0.39, 0.29) is 34.8 Å². The number of hydrogen-bond donors (Lipinski definition) is 4. The molecule has 5 rings (SSSR count). The van der Waals surface area contributed by atoms with Crippen LogP contribution in [0.1, 0.15) is 27.7 Å². The second-order valence-corrected chi connectivity index (χ2v) is 15.3. The molecule has 23 heteroatoms. The fraction of sp³-hybridized carbons (Fsp3) is 0.308. The van der Waals surface area contributed by atoms with E-state index in [0.29, 0.717) is 45.1 Å². The molecule has 0 fully saturated rings. The van der Waals surface area contributed by atoms with Crippen LogP contribution in [-0.2, 0) is 20.7 Å². The summed E-state index contributed by atoms with van der Waals surface area (Å²) < 4.78 is 69.6. The third kappa shape index (κ3) is 13.9. The highest BCUT2D eigenvalue weighted by molar-refractivity contribution is 7.99. The number of anilines is 6. The van der Waals surface area contributed by atoms with Crippen molar-refractivity contribution < 1.29 is 40.2 Å². The van der Waals surface area contributed by atoms with Crippen molar-refractivity contribution in [1.29, 1.82) is 0 Å². The van der Waals surface area contributed by atoms with E-state index in [1.165, 1.54) is 37.1 Å². The molecule has 0 aliphatic heterocycles. The van der Waals surface area contributed by atoms with E-state index in [9.17, 15) is 18.1 Å². The lowest BCUT2D eigenvalue weighted by Gasteiger charge is -2.22. The van der Waals surface area contributed by atoms with Gasteiger partial charge < -0.3 is 35.0 Å². The number of aliphatic hydroxyl groups excluding tert-OH is 1. The van der Waals surface area contributed by atoms with Gasteiger partial charge in [-0.1, -0.05) is 23.9 Å². The van der Waals surface area contributed by atoms with Crippen molar-refractivity contribution in [2.24, 2.45) is 20.5 Å². The molecule has 0 aliphatic rings. The first-order chi connectivity index (χ1) is 29.8. The Balaban J connectivity index is 0.00000202. The summed E-state index contributed by atoms with van der Waals surface area (Å²) in [4.78, 5) is 18.1. The zero-order valence-corrected chi connectivity index (χ0v) is 37.2. The highest BCUT2D eigenvalue weighted by Gasteiger charge is 2.17. The molecule has 1 aromatic heterocycles. The molecule has 330 valence electrons. The Hall–Kier alpha value is -6.27. The minimum absolute atomic E-state index is 0.0799. The van der Waals surface area contributed by atoms with Crippen LogP contribution in [0.15, 0.2) is 109 Å². The number of aromatic nitrogens is 3. The molecule has 0 saturated heterocycles. The van der Waals surface area contributed by atoms with Crippen LogP contribution in [0.25, 0.3) is 0 Å². The van der Waals surface area contributed by atoms with Gasteiger partial charge in [-0.25, -0.2) is 0 Å². The van der Waals surface area contributed by atoms with E-state index in [1.807, 2.05) is 68.4 Å². The molecule has 0 amide bonds. The van der Waals surface area contributed by atoms with Gasteiger partial charge >= 0.3 is 10.6 Å². The number of rotatable bonds is 20. The second kappa shape index (κ2) is 23.7. The summed E-state index contributed by atoms with van der Waals surface area (Å²) in [6, 6.07) is 22.4. The van der Waals surface area contributed by atoms with Gasteiger partial charge in [0.15, 0.2) is 5.16 Å². The van der Waals surface area contributed by atoms with Crippen LogP contribution < -0.4 is 29.9 Å². The molecule has 62 heavy (non-hydrogen) atoms. The average Bonchev–Trinajstić information content (AvgIpc) is 3.25. The first-order valence-corrected chi connectivity index (χ1v) is 22.4. The molecule has 0 saturated carbocycles. The highest BCUT2D eigenvalue weighted by atomic mass is 32.2. The molecule has 0 spiro atoms. The molecular formula is C39H47N11O9S3. The van der Waals surface area contributed by atoms with E-state index in [1.54, 1.807) is 13.2 Å². The third-order valence-corrected chi connectivity index (χ3v) is 10.4. The normalized spacial score (nSPS) is 11.2.